The average Bonchev–Trinajstić information content (AvgIpc) is 3.17. The Labute approximate surface area is 176 Å². The lowest BCUT2D eigenvalue weighted by atomic mass is 9.84. The second-order valence-corrected chi connectivity index (χ2v) is 8.86. The molecule has 0 spiro atoms. The third-order valence-corrected chi connectivity index (χ3v) is 5.32. The van der Waals surface area contributed by atoms with Gasteiger partial charge >= 0.3 is 0 Å². The molecule has 1 unspecified atom stereocenters. The fourth-order valence-electron chi connectivity index (χ4n) is 3.39. The molecule has 0 aliphatic carbocycles. The number of rotatable bonds is 8. The van der Waals surface area contributed by atoms with Crippen LogP contribution in [-0.2, 0) is 10.2 Å². The summed E-state index contributed by atoms with van der Waals surface area (Å²) in [7, 11) is 1.78. The van der Waals surface area contributed by atoms with Crippen LogP contribution in [0.15, 0.2) is 29.3 Å². The lowest BCUT2D eigenvalue weighted by molar-refractivity contribution is -0.129. The van der Waals surface area contributed by atoms with Crippen LogP contribution in [0.2, 0.25) is 0 Å². The predicted molar refractivity (Wildman–Crippen MR) is 120 cm³/mol. The van der Waals surface area contributed by atoms with E-state index in [-0.39, 0.29) is 17.4 Å². The van der Waals surface area contributed by atoms with E-state index in [1.165, 1.54) is 5.56 Å². The number of likely N-dealkylation sites (tertiary alicyclic amines) is 1. The highest BCUT2D eigenvalue weighted by Gasteiger charge is 2.26. The maximum atomic E-state index is 11.9. The number of hydrogen-bond donors (Lipinski definition) is 2. The number of guanidine groups is 1. The maximum absolute atomic E-state index is 11.9. The van der Waals surface area contributed by atoms with Crippen molar-refractivity contribution in [2.75, 3.05) is 33.3 Å². The molecule has 1 fully saturated rings. The summed E-state index contributed by atoms with van der Waals surface area (Å²) in [6, 6.07) is 8.61. The van der Waals surface area contributed by atoms with Gasteiger partial charge in [-0.05, 0) is 30.0 Å². The van der Waals surface area contributed by atoms with Crippen LogP contribution in [0, 0.1) is 5.92 Å². The van der Waals surface area contributed by atoms with Crippen molar-refractivity contribution < 1.29 is 9.53 Å². The van der Waals surface area contributed by atoms with E-state index in [1.807, 2.05) is 24.0 Å². The van der Waals surface area contributed by atoms with Crippen LogP contribution in [0.5, 0.6) is 5.75 Å². The number of nitrogens with one attached hydrogen (secondary N) is 2. The Morgan fingerprint density at radius 1 is 1.31 bits per heavy atom. The Bertz CT molecular complexity index is 683. The second-order valence-electron chi connectivity index (χ2n) is 8.86. The molecule has 6 heteroatoms. The molecule has 0 saturated carbocycles. The molecule has 2 rings (SSSR count). The van der Waals surface area contributed by atoms with E-state index in [1.54, 1.807) is 7.05 Å². The number of carbonyl (C=O) groups is 1. The Hall–Kier alpha value is -2.24. The summed E-state index contributed by atoms with van der Waals surface area (Å²) in [5.74, 6) is 2.43. The van der Waals surface area contributed by atoms with Crippen molar-refractivity contribution in [3.8, 4) is 5.75 Å². The van der Waals surface area contributed by atoms with E-state index in [0.29, 0.717) is 12.3 Å². The number of hydrogen-bond acceptors (Lipinski definition) is 3. The van der Waals surface area contributed by atoms with Gasteiger partial charge in [0.05, 0.1) is 6.61 Å². The first-order valence-corrected chi connectivity index (χ1v) is 10.7. The van der Waals surface area contributed by atoms with E-state index in [9.17, 15) is 4.79 Å². The Morgan fingerprint density at radius 3 is 2.59 bits per heavy atom. The largest absolute Gasteiger partial charge is 0.493 e. The summed E-state index contributed by atoms with van der Waals surface area (Å²) in [6.07, 6.45) is 1.52. The Kier molecular flexibility index (Phi) is 8.35. The molecule has 1 aliphatic rings. The van der Waals surface area contributed by atoms with Gasteiger partial charge in [-0.2, -0.15) is 0 Å². The molecule has 1 aromatic rings. The highest BCUT2D eigenvalue weighted by Crippen LogP contribution is 2.25. The van der Waals surface area contributed by atoms with Crippen molar-refractivity contribution in [2.24, 2.45) is 10.9 Å². The third kappa shape index (κ3) is 6.94. The van der Waals surface area contributed by atoms with Crippen LogP contribution >= 0.6 is 0 Å². The molecule has 1 saturated heterocycles. The van der Waals surface area contributed by atoms with Crippen molar-refractivity contribution in [2.45, 2.75) is 58.9 Å². The normalized spacial score (nSPS) is 17.6. The van der Waals surface area contributed by atoms with Crippen LogP contribution in [-0.4, -0.2) is 56.1 Å². The number of benzene rings is 1. The number of amides is 1. The van der Waals surface area contributed by atoms with Crippen LogP contribution in [0.1, 0.15) is 53.0 Å². The molecule has 2 N–H and O–H groups in total. The van der Waals surface area contributed by atoms with E-state index in [0.717, 1.165) is 44.4 Å². The lowest BCUT2D eigenvalue weighted by Gasteiger charge is -2.28. The summed E-state index contributed by atoms with van der Waals surface area (Å²) in [5, 5.41) is 6.91. The van der Waals surface area contributed by atoms with Gasteiger partial charge in [-0.1, -0.05) is 46.8 Å². The lowest BCUT2D eigenvalue weighted by Crippen LogP contribution is -2.48. The first-order valence-electron chi connectivity index (χ1n) is 10.7. The molecule has 0 radical (unpaired) electrons. The predicted octanol–water partition coefficient (Wildman–Crippen LogP) is 3.17. The molecular weight excluding hydrogens is 364 g/mol. The zero-order valence-corrected chi connectivity index (χ0v) is 18.9. The van der Waals surface area contributed by atoms with Crippen LogP contribution in [0.4, 0.5) is 0 Å². The molecule has 1 aliphatic heterocycles. The quantitative estimate of drug-likeness (QED) is 0.518. The van der Waals surface area contributed by atoms with Gasteiger partial charge in [0.15, 0.2) is 5.96 Å². The average molecular weight is 403 g/mol. The van der Waals surface area contributed by atoms with Crippen molar-refractivity contribution in [3.63, 3.8) is 0 Å². The van der Waals surface area contributed by atoms with E-state index in [2.05, 4.69) is 55.5 Å². The molecular formula is C23H38N4O2. The van der Waals surface area contributed by atoms with Gasteiger partial charge in [-0.15, -0.1) is 0 Å². The molecule has 0 bridgehead atoms. The number of nitrogens with zero attached hydrogens (tertiary/aromatic N) is 2. The van der Waals surface area contributed by atoms with Crippen LogP contribution in [0.3, 0.4) is 0 Å². The van der Waals surface area contributed by atoms with E-state index in [4.69, 9.17) is 4.74 Å². The molecule has 162 valence electrons. The minimum Gasteiger partial charge on any atom is -0.493 e. The monoisotopic (exact) mass is 402 g/mol. The number of aliphatic imine (C=N–C) groups is 1. The van der Waals surface area contributed by atoms with Gasteiger partial charge in [0.1, 0.15) is 5.75 Å². The van der Waals surface area contributed by atoms with E-state index < -0.39 is 0 Å². The van der Waals surface area contributed by atoms with Gasteiger partial charge in [-0.3, -0.25) is 9.79 Å². The zero-order valence-electron chi connectivity index (χ0n) is 18.9. The minimum atomic E-state index is -0.0614. The molecule has 29 heavy (non-hydrogen) atoms. The summed E-state index contributed by atoms with van der Waals surface area (Å²) < 4.78 is 5.79. The number of carbonyl (C=O) groups excluding carboxylic acids is 1. The van der Waals surface area contributed by atoms with Crippen LogP contribution < -0.4 is 15.4 Å². The van der Waals surface area contributed by atoms with Crippen LogP contribution in [0.25, 0.3) is 0 Å². The molecule has 1 atom stereocenters. The standard InChI is InChI=1S/C23H38N4O2/c1-7-21(28)27-13-12-19(14-27)26-22(24-6)25-16-23(4,5)18-8-10-20(11-9-18)29-15-17(2)3/h8-11,17,19H,7,12-16H2,1-6H3,(H2,24,25,26). The number of ether oxygens (including phenoxy) is 1. The highest BCUT2D eigenvalue weighted by atomic mass is 16.5. The van der Waals surface area contributed by atoms with Crippen molar-refractivity contribution >= 4 is 11.9 Å². The maximum Gasteiger partial charge on any atom is 0.222 e. The smallest absolute Gasteiger partial charge is 0.222 e. The summed E-state index contributed by atoms with van der Waals surface area (Å²) in [6.45, 7) is 13.7. The third-order valence-electron chi connectivity index (χ3n) is 5.32. The summed E-state index contributed by atoms with van der Waals surface area (Å²) >= 11 is 0. The fourth-order valence-corrected chi connectivity index (χ4v) is 3.39. The molecule has 0 aromatic heterocycles. The van der Waals surface area contributed by atoms with Crippen molar-refractivity contribution in [1.82, 2.24) is 15.5 Å². The SMILES string of the molecule is CCC(=O)N1CCC(NC(=NC)NCC(C)(C)c2ccc(OCC(C)C)cc2)C1. The summed E-state index contributed by atoms with van der Waals surface area (Å²) in [5.41, 5.74) is 1.19. The highest BCUT2D eigenvalue weighted by molar-refractivity contribution is 5.80. The fraction of sp³-hybridized carbons (Fsp3) is 0.652. The summed E-state index contributed by atoms with van der Waals surface area (Å²) in [4.78, 5) is 18.2. The topological polar surface area (TPSA) is 66.0 Å². The zero-order chi connectivity index (χ0) is 21.4. The van der Waals surface area contributed by atoms with Crippen molar-refractivity contribution in [3.05, 3.63) is 29.8 Å². The Balaban J connectivity index is 1.87. The Morgan fingerprint density at radius 2 is 2.00 bits per heavy atom. The first-order chi connectivity index (χ1) is 13.7. The van der Waals surface area contributed by atoms with Crippen molar-refractivity contribution in [1.29, 1.82) is 0 Å². The minimum absolute atomic E-state index is 0.0614. The first kappa shape index (κ1) is 23.0. The molecule has 1 aromatic carbocycles. The van der Waals surface area contributed by atoms with Gasteiger partial charge < -0.3 is 20.3 Å². The molecule has 6 nitrogen and oxygen atoms in total. The molecule has 1 amide bonds. The van der Waals surface area contributed by atoms with Gasteiger partial charge in [0, 0.05) is 44.6 Å². The van der Waals surface area contributed by atoms with Gasteiger partial charge in [0.2, 0.25) is 5.91 Å². The van der Waals surface area contributed by atoms with E-state index >= 15 is 0 Å². The van der Waals surface area contributed by atoms with Gasteiger partial charge in [-0.25, -0.2) is 0 Å². The molecule has 1 heterocycles. The second kappa shape index (κ2) is 10.5. The van der Waals surface area contributed by atoms with Gasteiger partial charge in [0.25, 0.3) is 0 Å².